The van der Waals surface area contributed by atoms with Gasteiger partial charge in [0.2, 0.25) is 0 Å². The summed E-state index contributed by atoms with van der Waals surface area (Å²) in [4.78, 5) is 23.9. The number of alkyl halides is 1. The van der Waals surface area contributed by atoms with E-state index < -0.39 is 23.5 Å². The Morgan fingerprint density at radius 2 is 1.43 bits per heavy atom. The number of carbonyl (C=O) groups excluding carboxylic acids is 2. The summed E-state index contributed by atoms with van der Waals surface area (Å²) in [6.45, 7) is 2.47. The zero-order valence-electron chi connectivity index (χ0n) is 13.2. The third-order valence-electron chi connectivity index (χ3n) is 3.66. The molecular weight excluding hydrogens is 295 g/mol. The van der Waals surface area contributed by atoms with Crippen molar-refractivity contribution in [2.45, 2.75) is 32.0 Å². The van der Waals surface area contributed by atoms with E-state index in [1.165, 1.54) is 6.92 Å². The molecule has 0 aromatic heterocycles. The Balaban J connectivity index is 2.33. The lowest BCUT2D eigenvalue weighted by molar-refractivity contribution is -0.164. The monoisotopic (exact) mass is 314 g/mol. The lowest BCUT2D eigenvalue weighted by Gasteiger charge is -2.23. The van der Waals surface area contributed by atoms with E-state index in [9.17, 15) is 14.0 Å². The minimum Gasteiger partial charge on any atom is -0.450 e. The minimum absolute atomic E-state index is 0.0660. The van der Waals surface area contributed by atoms with Crippen molar-refractivity contribution in [3.63, 3.8) is 0 Å². The average molecular weight is 314 g/mol. The maximum atomic E-state index is 14.4. The molecule has 0 spiro atoms. The third kappa shape index (κ3) is 3.83. The van der Waals surface area contributed by atoms with Crippen molar-refractivity contribution >= 4 is 11.8 Å². The third-order valence-corrected chi connectivity index (χ3v) is 3.66. The van der Waals surface area contributed by atoms with Gasteiger partial charge in [-0.3, -0.25) is 4.79 Å². The van der Waals surface area contributed by atoms with Crippen LogP contribution in [-0.2, 0) is 14.3 Å². The van der Waals surface area contributed by atoms with Crippen LogP contribution in [0.5, 0.6) is 0 Å². The van der Waals surface area contributed by atoms with Gasteiger partial charge >= 0.3 is 5.97 Å². The first-order chi connectivity index (χ1) is 11.0. The highest BCUT2D eigenvalue weighted by Gasteiger charge is 2.43. The van der Waals surface area contributed by atoms with E-state index in [2.05, 4.69) is 0 Å². The van der Waals surface area contributed by atoms with E-state index in [0.717, 1.165) is 6.92 Å². The van der Waals surface area contributed by atoms with Crippen molar-refractivity contribution in [2.75, 3.05) is 0 Å². The Bertz CT molecular complexity index is 626. The van der Waals surface area contributed by atoms with Crippen molar-refractivity contribution in [2.24, 2.45) is 0 Å². The summed E-state index contributed by atoms with van der Waals surface area (Å²) in [6, 6.07) is 18.1. The van der Waals surface area contributed by atoms with Crippen LogP contribution in [-0.4, -0.2) is 17.4 Å². The summed E-state index contributed by atoms with van der Waals surface area (Å²) in [5.74, 6) is -1.95. The van der Waals surface area contributed by atoms with E-state index in [4.69, 9.17) is 4.74 Å². The zero-order chi connectivity index (χ0) is 16.9. The second-order valence-electron chi connectivity index (χ2n) is 5.39. The van der Waals surface area contributed by atoms with E-state index >= 15 is 0 Å². The van der Waals surface area contributed by atoms with E-state index in [1.807, 2.05) is 36.4 Å². The number of benzene rings is 2. The molecule has 2 aromatic carbocycles. The molecule has 0 fully saturated rings. The predicted octanol–water partition coefficient (Wildman–Crippen LogP) is 4.03. The van der Waals surface area contributed by atoms with Gasteiger partial charge in [-0.25, -0.2) is 9.18 Å². The molecule has 120 valence electrons. The molecule has 4 heteroatoms. The summed E-state index contributed by atoms with van der Waals surface area (Å²) < 4.78 is 19.8. The second kappa shape index (κ2) is 7.18. The molecule has 0 aliphatic heterocycles. The molecule has 0 N–H and O–H groups in total. The van der Waals surface area contributed by atoms with E-state index in [0.29, 0.717) is 11.1 Å². The second-order valence-corrected chi connectivity index (χ2v) is 5.39. The van der Waals surface area contributed by atoms with Crippen LogP contribution in [0.2, 0.25) is 0 Å². The van der Waals surface area contributed by atoms with Gasteiger partial charge in [-0.05, 0) is 18.1 Å². The number of esters is 1. The van der Waals surface area contributed by atoms with Crippen LogP contribution in [0.25, 0.3) is 0 Å². The van der Waals surface area contributed by atoms with Crippen LogP contribution in [0, 0.1) is 0 Å². The highest BCUT2D eigenvalue weighted by atomic mass is 19.1. The van der Waals surface area contributed by atoms with Gasteiger partial charge in [0.1, 0.15) is 0 Å². The molecule has 0 radical (unpaired) electrons. The van der Waals surface area contributed by atoms with Crippen LogP contribution in [0.4, 0.5) is 4.39 Å². The summed E-state index contributed by atoms with van der Waals surface area (Å²) in [7, 11) is 0. The normalized spacial score (nSPS) is 13.4. The maximum absolute atomic E-state index is 14.4. The zero-order valence-corrected chi connectivity index (χ0v) is 13.2. The highest BCUT2D eigenvalue weighted by Crippen LogP contribution is 2.29. The predicted molar refractivity (Wildman–Crippen MR) is 85.6 cm³/mol. The first-order valence-electron chi connectivity index (χ1n) is 7.50. The van der Waals surface area contributed by atoms with Gasteiger partial charge in [0.15, 0.2) is 11.9 Å². The van der Waals surface area contributed by atoms with Crippen molar-refractivity contribution in [3.05, 3.63) is 71.8 Å². The molecule has 3 nitrogen and oxygen atoms in total. The standard InChI is InChI=1S/C19H19FO3/c1-3-16(21)19(2,20)18(22)23-17(14-10-6-4-7-11-14)15-12-8-5-9-13-15/h4-13,17H,3H2,1-2H3/t19-/m1/s1. The first kappa shape index (κ1) is 16.9. The van der Waals surface area contributed by atoms with Crippen LogP contribution in [0.15, 0.2) is 60.7 Å². The lowest BCUT2D eigenvalue weighted by Crippen LogP contribution is -2.41. The number of halogens is 1. The Morgan fingerprint density at radius 1 is 1.00 bits per heavy atom. The topological polar surface area (TPSA) is 43.4 Å². The van der Waals surface area contributed by atoms with Crippen molar-refractivity contribution in [3.8, 4) is 0 Å². The van der Waals surface area contributed by atoms with Crippen LogP contribution < -0.4 is 0 Å². The molecule has 2 aromatic rings. The number of hydrogen-bond acceptors (Lipinski definition) is 3. The number of carbonyl (C=O) groups is 2. The highest BCUT2D eigenvalue weighted by molar-refractivity contribution is 6.06. The van der Waals surface area contributed by atoms with Crippen LogP contribution >= 0.6 is 0 Å². The average Bonchev–Trinajstić information content (AvgIpc) is 2.60. The molecule has 0 aliphatic carbocycles. The lowest BCUT2D eigenvalue weighted by atomic mass is 9.99. The summed E-state index contributed by atoms with van der Waals surface area (Å²) in [6.07, 6.45) is -0.826. The molecule has 0 heterocycles. The molecule has 0 amide bonds. The molecular formula is C19H19FO3. The number of ether oxygens (including phenoxy) is 1. The SMILES string of the molecule is CCC(=O)[C@@](C)(F)C(=O)OC(c1ccccc1)c1ccccc1. The largest absolute Gasteiger partial charge is 0.450 e. The van der Waals surface area contributed by atoms with E-state index in [-0.39, 0.29) is 6.42 Å². The van der Waals surface area contributed by atoms with Gasteiger partial charge in [0.05, 0.1) is 0 Å². The van der Waals surface area contributed by atoms with Gasteiger partial charge in [-0.1, -0.05) is 67.6 Å². The molecule has 1 atom stereocenters. The van der Waals surface area contributed by atoms with Gasteiger partial charge in [-0.2, -0.15) is 0 Å². The molecule has 0 bridgehead atoms. The Hall–Kier alpha value is -2.49. The fourth-order valence-electron chi connectivity index (χ4n) is 2.25. The van der Waals surface area contributed by atoms with Gasteiger partial charge < -0.3 is 4.74 Å². The molecule has 23 heavy (non-hydrogen) atoms. The molecule has 0 saturated carbocycles. The van der Waals surface area contributed by atoms with E-state index in [1.54, 1.807) is 24.3 Å². The fraction of sp³-hybridized carbons (Fsp3) is 0.263. The number of ketones is 1. The van der Waals surface area contributed by atoms with Crippen LogP contribution in [0.1, 0.15) is 37.5 Å². The maximum Gasteiger partial charge on any atom is 0.352 e. The smallest absolute Gasteiger partial charge is 0.352 e. The van der Waals surface area contributed by atoms with Gasteiger partial charge in [0, 0.05) is 6.42 Å². The van der Waals surface area contributed by atoms with Crippen LogP contribution in [0.3, 0.4) is 0 Å². The van der Waals surface area contributed by atoms with Crippen molar-refractivity contribution < 1.29 is 18.7 Å². The first-order valence-corrected chi connectivity index (χ1v) is 7.50. The van der Waals surface area contributed by atoms with Gasteiger partial charge in [-0.15, -0.1) is 0 Å². The summed E-state index contributed by atoms with van der Waals surface area (Å²) in [5, 5.41) is 0. The van der Waals surface area contributed by atoms with Crippen molar-refractivity contribution in [1.29, 1.82) is 0 Å². The Labute approximate surface area is 135 Å². The Morgan fingerprint density at radius 3 is 1.83 bits per heavy atom. The Kier molecular flexibility index (Phi) is 5.27. The molecule has 0 saturated heterocycles. The number of hydrogen-bond donors (Lipinski definition) is 0. The quantitative estimate of drug-likeness (QED) is 0.597. The number of Topliss-reactive ketones (excluding diaryl/α,β-unsaturated/α-hetero) is 1. The molecule has 0 unspecified atom stereocenters. The summed E-state index contributed by atoms with van der Waals surface area (Å²) >= 11 is 0. The molecule has 2 rings (SSSR count). The fourth-order valence-corrected chi connectivity index (χ4v) is 2.25. The van der Waals surface area contributed by atoms with Crippen molar-refractivity contribution in [1.82, 2.24) is 0 Å². The van der Waals surface area contributed by atoms with Gasteiger partial charge in [0.25, 0.3) is 5.67 Å². The minimum atomic E-state index is -2.64. The molecule has 0 aliphatic rings. The number of rotatable bonds is 6. The summed E-state index contributed by atoms with van der Waals surface area (Å²) in [5.41, 5.74) is -1.21.